The van der Waals surface area contributed by atoms with Gasteiger partial charge in [-0.1, -0.05) is 11.3 Å². The quantitative estimate of drug-likeness (QED) is 0.221. The monoisotopic (exact) mass is 559 g/mol. The van der Waals surface area contributed by atoms with Crippen LogP contribution in [-0.2, 0) is 9.53 Å². The van der Waals surface area contributed by atoms with Gasteiger partial charge in [0.15, 0.2) is 17.5 Å². The molecule has 0 radical (unpaired) electrons. The molecule has 1 fully saturated rings. The fraction of sp³-hybridized carbons (Fsp3) is 0.370. The number of fused-ring (bicyclic) bond motifs is 1. The van der Waals surface area contributed by atoms with Gasteiger partial charge in [0.25, 0.3) is 5.91 Å². The molecule has 0 bridgehead atoms. The average molecular weight is 560 g/mol. The number of halogens is 1. The van der Waals surface area contributed by atoms with Crippen LogP contribution in [0.2, 0.25) is 0 Å². The van der Waals surface area contributed by atoms with E-state index in [2.05, 4.69) is 46.3 Å². The molecule has 41 heavy (non-hydrogen) atoms. The lowest BCUT2D eigenvalue weighted by Crippen LogP contribution is -2.50. The minimum atomic E-state index is -0.962. The van der Waals surface area contributed by atoms with E-state index in [4.69, 9.17) is 9.72 Å². The number of aromatic nitrogens is 9. The van der Waals surface area contributed by atoms with Crippen molar-refractivity contribution in [2.24, 2.45) is 0 Å². The second-order valence-electron chi connectivity index (χ2n) is 10.4. The highest BCUT2D eigenvalue weighted by Gasteiger charge is 2.43. The van der Waals surface area contributed by atoms with Gasteiger partial charge in [-0.05, 0) is 51.2 Å². The zero-order valence-electron chi connectivity index (χ0n) is 22.8. The third kappa shape index (κ3) is 5.25. The van der Waals surface area contributed by atoms with Gasteiger partial charge in [-0.15, -0.1) is 5.10 Å². The summed E-state index contributed by atoms with van der Waals surface area (Å²) in [7, 11) is 1.58. The minimum absolute atomic E-state index is 0.0719. The molecule has 212 valence electrons. The van der Waals surface area contributed by atoms with Crippen molar-refractivity contribution >= 4 is 28.6 Å². The fourth-order valence-electron chi connectivity index (χ4n) is 5.35. The number of carbonyl (C=O) groups excluding carboxylic acids is 1. The number of nitrogens with zero attached hydrogens (tertiary/aromatic N) is 7. The van der Waals surface area contributed by atoms with Gasteiger partial charge in [0.2, 0.25) is 0 Å². The molecular formula is C27H30FN11O2. The van der Waals surface area contributed by atoms with E-state index in [1.165, 1.54) is 10.9 Å². The molecule has 0 unspecified atom stereocenters. The van der Waals surface area contributed by atoms with Crippen molar-refractivity contribution in [3.05, 3.63) is 65.6 Å². The zero-order chi connectivity index (χ0) is 28.6. The van der Waals surface area contributed by atoms with Crippen LogP contribution >= 0.6 is 0 Å². The van der Waals surface area contributed by atoms with Crippen LogP contribution in [0.3, 0.4) is 0 Å². The first-order chi connectivity index (χ1) is 19.8. The van der Waals surface area contributed by atoms with Crippen molar-refractivity contribution in [2.75, 3.05) is 12.4 Å². The number of pyridine rings is 2. The summed E-state index contributed by atoms with van der Waals surface area (Å²) in [6.45, 7) is 3.82. The molecule has 0 spiro atoms. The molecular weight excluding hydrogens is 529 g/mol. The van der Waals surface area contributed by atoms with Gasteiger partial charge in [0, 0.05) is 37.1 Å². The molecule has 13 nitrogen and oxygen atoms in total. The van der Waals surface area contributed by atoms with Gasteiger partial charge < -0.3 is 15.4 Å². The number of aryl methyl sites for hydroxylation is 1. The summed E-state index contributed by atoms with van der Waals surface area (Å²) < 4.78 is 20.5. The highest BCUT2D eigenvalue weighted by atomic mass is 19.1. The average Bonchev–Trinajstić information content (AvgIpc) is 3.74. The molecule has 0 aliphatic heterocycles. The fourth-order valence-corrected chi connectivity index (χ4v) is 5.35. The molecule has 4 N–H and O–H groups in total. The molecule has 0 saturated heterocycles. The number of ether oxygens (including phenoxy) is 1. The summed E-state index contributed by atoms with van der Waals surface area (Å²) in [4.78, 5) is 22.8. The molecule has 1 aliphatic rings. The Bertz CT molecular complexity index is 1670. The summed E-state index contributed by atoms with van der Waals surface area (Å²) in [5.74, 6) is 1.25. The van der Waals surface area contributed by atoms with Gasteiger partial charge in [-0.3, -0.25) is 15.0 Å². The Morgan fingerprint density at radius 3 is 2.68 bits per heavy atom. The number of hydrogen-bond donors (Lipinski definition) is 4. The third-order valence-electron chi connectivity index (χ3n) is 7.69. The molecule has 1 aliphatic carbocycles. The number of aromatic amines is 2. The van der Waals surface area contributed by atoms with Crippen molar-refractivity contribution in [1.82, 2.24) is 50.7 Å². The van der Waals surface area contributed by atoms with Crippen LogP contribution in [0.25, 0.3) is 16.9 Å². The molecule has 5 heterocycles. The first-order valence-corrected chi connectivity index (χ1v) is 13.4. The van der Waals surface area contributed by atoms with Gasteiger partial charge >= 0.3 is 0 Å². The topological polar surface area (TPSA) is 164 Å². The lowest BCUT2D eigenvalue weighted by Gasteiger charge is -2.38. The van der Waals surface area contributed by atoms with Gasteiger partial charge in [-0.25, -0.2) is 19.0 Å². The Morgan fingerprint density at radius 2 is 2.02 bits per heavy atom. The summed E-state index contributed by atoms with van der Waals surface area (Å²) in [6, 6.07) is 7.01. The van der Waals surface area contributed by atoms with E-state index < -0.39 is 11.4 Å². The summed E-state index contributed by atoms with van der Waals surface area (Å²) in [5.41, 5.74) is 3.10. The SMILES string of the molecule is CO[C@]1(C(=O)N[C@@H](C)c2ccc(-n3cc(F)cn3)nc2)CC[C@H](c2nc(Nc3cc(C)[nH]n3)cc3[nH]nnc32)CC1. The number of carbonyl (C=O) groups is 1. The highest BCUT2D eigenvalue weighted by molar-refractivity contribution is 5.86. The number of amides is 1. The largest absolute Gasteiger partial charge is 0.368 e. The molecule has 1 amide bonds. The van der Waals surface area contributed by atoms with E-state index in [1.807, 2.05) is 32.0 Å². The molecule has 6 rings (SSSR count). The van der Waals surface area contributed by atoms with E-state index in [0.29, 0.717) is 43.1 Å². The van der Waals surface area contributed by atoms with Crippen molar-refractivity contribution in [1.29, 1.82) is 0 Å². The van der Waals surface area contributed by atoms with Gasteiger partial charge in [-0.2, -0.15) is 10.2 Å². The number of methoxy groups -OCH3 is 1. The Balaban J connectivity index is 1.14. The van der Waals surface area contributed by atoms with Gasteiger partial charge in [0.1, 0.15) is 16.9 Å². The maximum Gasteiger partial charge on any atom is 0.252 e. The Kier molecular flexibility index (Phi) is 6.91. The van der Waals surface area contributed by atoms with Crippen LogP contribution < -0.4 is 10.6 Å². The lowest BCUT2D eigenvalue weighted by atomic mass is 9.76. The molecule has 14 heteroatoms. The third-order valence-corrected chi connectivity index (χ3v) is 7.69. The Morgan fingerprint density at radius 1 is 1.20 bits per heavy atom. The number of H-pyrrole nitrogens is 2. The number of hydrogen-bond acceptors (Lipinski definition) is 9. The van der Waals surface area contributed by atoms with Crippen molar-refractivity contribution in [3.8, 4) is 5.82 Å². The van der Waals surface area contributed by atoms with E-state index in [-0.39, 0.29) is 17.9 Å². The van der Waals surface area contributed by atoms with E-state index in [0.717, 1.165) is 34.2 Å². The molecule has 5 aromatic heterocycles. The number of rotatable bonds is 8. The second kappa shape index (κ2) is 10.7. The normalized spacial score (nSPS) is 19.8. The van der Waals surface area contributed by atoms with E-state index in [9.17, 15) is 9.18 Å². The van der Waals surface area contributed by atoms with E-state index in [1.54, 1.807) is 19.4 Å². The van der Waals surface area contributed by atoms with Crippen molar-refractivity contribution in [2.45, 2.75) is 57.1 Å². The first kappa shape index (κ1) is 26.5. The maximum absolute atomic E-state index is 13.5. The van der Waals surface area contributed by atoms with Crippen LogP contribution in [0.4, 0.5) is 16.0 Å². The standard InChI is InChI=1S/C27H30FN11O2/c1-15-10-22(36-34-15)32-21-11-20-25(37-38-35-20)24(33-21)17-6-8-27(41-3,9-7-17)26(40)31-16(2)18-4-5-23(29-12-18)39-14-19(28)13-30-39/h4-5,10-14,16-17H,6-9H2,1-3H3,(H,31,40)(H,35,37,38)(H2,32,33,34,36)/t16-,17-,27+/m0/s1. The molecule has 1 atom stereocenters. The molecule has 0 aromatic carbocycles. The smallest absolute Gasteiger partial charge is 0.252 e. The summed E-state index contributed by atoms with van der Waals surface area (Å²) >= 11 is 0. The Labute approximate surface area is 234 Å². The predicted molar refractivity (Wildman–Crippen MR) is 147 cm³/mol. The minimum Gasteiger partial charge on any atom is -0.368 e. The van der Waals surface area contributed by atoms with Crippen LogP contribution in [-0.4, -0.2) is 64.0 Å². The summed E-state index contributed by atoms with van der Waals surface area (Å²) in [5, 5.41) is 28.6. The van der Waals surface area contributed by atoms with Crippen LogP contribution in [0.5, 0.6) is 0 Å². The Hall–Kier alpha value is -4.72. The molecule has 1 saturated carbocycles. The van der Waals surface area contributed by atoms with Crippen LogP contribution in [0.1, 0.15) is 61.5 Å². The second-order valence-corrected chi connectivity index (χ2v) is 10.4. The van der Waals surface area contributed by atoms with Gasteiger partial charge in [0.05, 0.1) is 29.6 Å². The lowest BCUT2D eigenvalue weighted by molar-refractivity contribution is -0.148. The maximum atomic E-state index is 13.5. The van der Waals surface area contributed by atoms with Crippen molar-refractivity contribution in [3.63, 3.8) is 0 Å². The number of anilines is 2. The van der Waals surface area contributed by atoms with Crippen LogP contribution in [0, 0.1) is 12.7 Å². The predicted octanol–water partition coefficient (Wildman–Crippen LogP) is 3.77. The van der Waals surface area contributed by atoms with Crippen LogP contribution in [0.15, 0.2) is 42.9 Å². The first-order valence-electron chi connectivity index (χ1n) is 13.4. The van der Waals surface area contributed by atoms with Crippen molar-refractivity contribution < 1.29 is 13.9 Å². The number of nitrogens with one attached hydrogen (secondary N) is 4. The zero-order valence-corrected chi connectivity index (χ0v) is 22.8. The van der Waals surface area contributed by atoms with E-state index >= 15 is 0 Å². The molecule has 5 aromatic rings. The summed E-state index contributed by atoms with van der Waals surface area (Å²) in [6.07, 6.45) is 6.44. The highest BCUT2D eigenvalue weighted by Crippen LogP contribution is 2.41.